The summed E-state index contributed by atoms with van der Waals surface area (Å²) in [6, 6.07) is 18.0. The van der Waals surface area contributed by atoms with Gasteiger partial charge in [-0.15, -0.1) is 11.8 Å². The van der Waals surface area contributed by atoms with Gasteiger partial charge in [-0.05, 0) is 33.6 Å². The molecule has 2 aromatic rings. The fourth-order valence-electron chi connectivity index (χ4n) is 1.70. The Hall–Kier alpha value is -1.26. The topological polar surface area (TPSA) is 29.1 Å². The van der Waals surface area contributed by atoms with Gasteiger partial charge >= 0.3 is 0 Å². The van der Waals surface area contributed by atoms with E-state index < -0.39 is 0 Å². The summed E-state index contributed by atoms with van der Waals surface area (Å²) in [6.45, 7) is 0.597. The van der Waals surface area contributed by atoms with E-state index in [9.17, 15) is 4.79 Å². The number of carbonyl (C=O) groups is 1. The molecule has 2 rings (SSSR count). The lowest BCUT2D eigenvalue weighted by Crippen LogP contribution is -2.22. The fourth-order valence-corrected chi connectivity index (χ4v) is 3.22. The molecule has 0 aromatic heterocycles. The zero-order valence-electron chi connectivity index (χ0n) is 11.0. The molecule has 0 atom stereocenters. The first-order valence-corrected chi connectivity index (χ1v) is 8.21. The summed E-state index contributed by atoms with van der Waals surface area (Å²) in [7, 11) is 0. The Morgan fingerprint density at radius 2 is 1.75 bits per heavy atom. The molecule has 0 radical (unpaired) electrons. The van der Waals surface area contributed by atoms with Crippen molar-refractivity contribution in [3.63, 3.8) is 0 Å². The van der Waals surface area contributed by atoms with Crippen molar-refractivity contribution in [1.29, 1.82) is 0 Å². The number of amides is 1. The summed E-state index contributed by atoms with van der Waals surface area (Å²) < 4.78 is 1.08. The van der Waals surface area contributed by atoms with Crippen molar-refractivity contribution in [2.45, 2.75) is 17.9 Å². The molecule has 0 bridgehead atoms. The third-order valence-corrected chi connectivity index (χ3v) is 4.79. The van der Waals surface area contributed by atoms with Crippen LogP contribution < -0.4 is 5.32 Å². The molecule has 0 aliphatic carbocycles. The second kappa shape index (κ2) is 8.12. The van der Waals surface area contributed by atoms with E-state index >= 15 is 0 Å². The van der Waals surface area contributed by atoms with Crippen LogP contribution in [0, 0.1) is 0 Å². The number of halogens is 1. The minimum atomic E-state index is 0.0911. The highest BCUT2D eigenvalue weighted by molar-refractivity contribution is 9.10. The van der Waals surface area contributed by atoms with Crippen molar-refractivity contribution in [2.24, 2.45) is 0 Å². The highest BCUT2D eigenvalue weighted by atomic mass is 79.9. The van der Waals surface area contributed by atoms with Gasteiger partial charge in [-0.1, -0.05) is 42.5 Å². The van der Waals surface area contributed by atoms with Crippen LogP contribution in [0.2, 0.25) is 0 Å². The van der Waals surface area contributed by atoms with E-state index in [0.29, 0.717) is 13.0 Å². The Balaban J connectivity index is 1.69. The molecule has 0 saturated heterocycles. The van der Waals surface area contributed by atoms with Crippen molar-refractivity contribution < 1.29 is 4.79 Å². The quantitative estimate of drug-likeness (QED) is 0.790. The second-order valence-corrected chi connectivity index (χ2v) is 6.28. The first-order chi connectivity index (χ1) is 9.75. The van der Waals surface area contributed by atoms with E-state index in [-0.39, 0.29) is 5.91 Å². The Morgan fingerprint density at radius 3 is 2.50 bits per heavy atom. The molecule has 4 heteroatoms. The second-order valence-electron chi connectivity index (χ2n) is 4.29. The van der Waals surface area contributed by atoms with E-state index in [1.165, 1.54) is 4.90 Å². The molecule has 0 unspecified atom stereocenters. The van der Waals surface area contributed by atoms with Gasteiger partial charge in [0, 0.05) is 28.1 Å². The average molecular weight is 350 g/mol. The van der Waals surface area contributed by atoms with Gasteiger partial charge in [0.05, 0.1) is 0 Å². The van der Waals surface area contributed by atoms with Crippen molar-refractivity contribution >= 4 is 33.6 Å². The van der Waals surface area contributed by atoms with Gasteiger partial charge in [0.15, 0.2) is 0 Å². The maximum absolute atomic E-state index is 11.8. The zero-order valence-corrected chi connectivity index (χ0v) is 13.4. The van der Waals surface area contributed by atoms with Crippen molar-refractivity contribution in [1.82, 2.24) is 5.32 Å². The summed E-state index contributed by atoms with van der Waals surface area (Å²) in [4.78, 5) is 12.9. The standard InChI is InChI=1S/C16H16BrNOS/c17-14-8-4-5-9-15(14)20-11-10-16(19)18-12-13-6-2-1-3-7-13/h1-9H,10-12H2,(H,18,19). The lowest BCUT2D eigenvalue weighted by molar-refractivity contribution is -0.120. The van der Waals surface area contributed by atoms with Crippen LogP contribution in [0.4, 0.5) is 0 Å². The highest BCUT2D eigenvalue weighted by Crippen LogP contribution is 2.27. The maximum atomic E-state index is 11.8. The molecular weight excluding hydrogens is 334 g/mol. The van der Waals surface area contributed by atoms with Gasteiger partial charge < -0.3 is 5.32 Å². The van der Waals surface area contributed by atoms with Crippen LogP contribution in [0.5, 0.6) is 0 Å². The van der Waals surface area contributed by atoms with E-state index in [1.807, 2.05) is 48.5 Å². The van der Waals surface area contributed by atoms with Crippen LogP contribution in [-0.2, 0) is 11.3 Å². The van der Waals surface area contributed by atoms with Gasteiger partial charge in [-0.2, -0.15) is 0 Å². The molecule has 20 heavy (non-hydrogen) atoms. The Labute approximate surface area is 132 Å². The first kappa shape index (κ1) is 15.1. The van der Waals surface area contributed by atoms with Crippen LogP contribution in [0.1, 0.15) is 12.0 Å². The van der Waals surface area contributed by atoms with Crippen LogP contribution in [0.15, 0.2) is 64.0 Å². The molecule has 2 nitrogen and oxygen atoms in total. The zero-order chi connectivity index (χ0) is 14.2. The van der Waals surface area contributed by atoms with E-state index in [4.69, 9.17) is 0 Å². The summed E-state index contributed by atoms with van der Waals surface area (Å²) in [5.41, 5.74) is 1.12. The van der Waals surface area contributed by atoms with Crippen LogP contribution in [0.25, 0.3) is 0 Å². The third kappa shape index (κ3) is 5.02. The Bertz CT molecular complexity index is 559. The molecule has 0 heterocycles. The number of benzene rings is 2. The normalized spacial score (nSPS) is 10.2. The van der Waals surface area contributed by atoms with Crippen LogP contribution in [-0.4, -0.2) is 11.7 Å². The predicted molar refractivity (Wildman–Crippen MR) is 87.8 cm³/mol. The number of rotatable bonds is 6. The van der Waals surface area contributed by atoms with E-state index in [0.717, 1.165) is 15.8 Å². The van der Waals surface area contributed by atoms with Crippen LogP contribution in [0.3, 0.4) is 0 Å². The Kier molecular flexibility index (Phi) is 6.15. The van der Waals surface area contributed by atoms with Gasteiger partial charge in [-0.3, -0.25) is 4.79 Å². The summed E-state index contributed by atoms with van der Waals surface area (Å²) in [5, 5.41) is 2.94. The molecule has 104 valence electrons. The summed E-state index contributed by atoms with van der Waals surface area (Å²) >= 11 is 5.19. The smallest absolute Gasteiger partial charge is 0.221 e. The molecule has 1 N–H and O–H groups in total. The molecule has 0 aliphatic rings. The highest BCUT2D eigenvalue weighted by Gasteiger charge is 2.03. The monoisotopic (exact) mass is 349 g/mol. The molecular formula is C16H16BrNOS. The van der Waals surface area contributed by atoms with Crippen molar-refractivity contribution in [2.75, 3.05) is 5.75 Å². The number of carbonyl (C=O) groups excluding carboxylic acids is 1. The van der Waals surface area contributed by atoms with E-state index in [1.54, 1.807) is 11.8 Å². The predicted octanol–water partition coefficient (Wildman–Crippen LogP) is 4.25. The molecule has 0 spiro atoms. The minimum absolute atomic E-state index is 0.0911. The van der Waals surface area contributed by atoms with Gasteiger partial charge in [0.25, 0.3) is 0 Å². The summed E-state index contributed by atoms with van der Waals surface area (Å²) in [6.07, 6.45) is 0.527. The molecule has 2 aromatic carbocycles. The fraction of sp³-hybridized carbons (Fsp3) is 0.188. The number of hydrogen-bond acceptors (Lipinski definition) is 2. The largest absolute Gasteiger partial charge is 0.352 e. The lowest BCUT2D eigenvalue weighted by Gasteiger charge is -2.06. The summed E-state index contributed by atoms with van der Waals surface area (Å²) in [5.74, 6) is 0.872. The molecule has 0 saturated carbocycles. The van der Waals surface area contributed by atoms with Gasteiger partial charge in [0.1, 0.15) is 0 Å². The molecule has 1 amide bonds. The maximum Gasteiger partial charge on any atom is 0.221 e. The number of nitrogens with one attached hydrogen (secondary N) is 1. The number of thioether (sulfide) groups is 1. The van der Waals surface area contributed by atoms with Crippen LogP contribution >= 0.6 is 27.7 Å². The Morgan fingerprint density at radius 1 is 1.05 bits per heavy atom. The van der Waals surface area contributed by atoms with E-state index in [2.05, 4.69) is 27.3 Å². The van der Waals surface area contributed by atoms with Crippen molar-refractivity contribution in [3.8, 4) is 0 Å². The number of hydrogen-bond donors (Lipinski definition) is 1. The SMILES string of the molecule is O=C(CCSc1ccccc1Br)NCc1ccccc1. The first-order valence-electron chi connectivity index (χ1n) is 6.43. The molecule has 0 aliphatic heterocycles. The van der Waals surface area contributed by atoms with Crippen molar-refractivity contribution in [3.05, 3.63) is 64.6 Å². The third-order valence-electron chi connectivity index (χ3n) is 2.76. The minimum Gasteiger partial charge on any atom is -0.352 e. The van der Waals surface area contributed by atoms with Gasteiger partial charge in [0.2, 0.25) is 5.91 Å². The lowest BCUT2D eigenvalue weighted by atomic mass is 10.2. The molecule has 0 fully saturated rings. The average Bonchev–Trinajstić information content (AvgIpc) is 2.48. The van der Waals surface area contributed by atoms with Gasteiger partial charge in [-0.25, -0.2) is 0 Å².